The number of nitrogen functional groups attached to an aromatic ring is 1. The lowest BCUT2D eigenvalue weighted by atomic mass is 10.2. The fourth-order valence-electron chi connectivity index (χ4n) is 1.50. The first kappa shape index (κ1) is 16.8. The molecule has 1 heterocycles. The Bertz CT molecular complexity index is 507. The molecule has 0 aromatic carbocycles. The Hall–Kier alpha value is -2.24. The van der Waals surface area contributed by atoms with Crippen molar-refractivity contribution < 1.29 is 14.3 Å². The van der Waals surface area contributed by atoms with E-state index in [1.54, 1.807) is 12.1 Å². The van der Waals surface area contributed by atoms with E-state index in [2.05, 4.69) is 10.3 Å². The minimum absolute atomic E-state index is 0.407. The second kappa shape index (κ2) is 7.52. The Morgan fingerprint density at radius 2 is 2.14 bits per heavy atom. The average molecular weight is 293 g/mol. The minimum Gasteiger partial charge on any atom is -0.480 e. The van der Waals surface area contributed by atoms with E-state index < -0.39 is 11.7 Å². The number of pyridine rings is 1. The molecule has 0 saturated heterocycles. The van der Waals surface area contributed by atoms with E-state index in [-0.39, 0.29) is 0 Å². The van der Waals surface area contributed by atoms with E-state index in [1.165, 1.54) is 7.11 Å². The highest BCUT2D eigenvalue weighted by Gasteiger charge is 2.15. The summed E-state index contributed by atoms with van der Waals surface area (Å²) >= 11 is 0. The van der Waals surface area contributed by atoms with Crippen molar-refractivity contribution in [2.45, 2.75) is 32.8 Å². The number of carbonyl (C=O) groups excluding carboxylic acids is 1. The maximum absolute atomic E-state index is 11.4. The normalized spacial score (nSPS) is 11.4. The fourth-order valence-corrected chi connectivity index (χ4v) is 1.50. The molecule has 6 nitrogen and oxygen atoms in total. The van der Waals surface area contributed by atoms with Crippen LogP contribution < -0.4 is 15.8 Å². The summed E-state index contributed by atoms with van der Waals surface area (Å²) in [5, 5.41) is 2.68. The van der Waals surface area contributed by atoms with Gasteiger partial charge in [0.05, 0.1) is 18.5 Å². The van der Waals surface area contributed by atoms with Crippen LogP contribution in [0.15, 0.2) is 18.2 Å². The van der Waals surface area contributed by atoms with Crippen LogP contribution in [0.25, 0.3) is 6.08 Å². The molecule has 0 saturated carbocycles. The summed E-state index contributed by atoms with van der Waals surface area (Å²) in [5.74, 6) is 0.407. The molecule has 0 radical (unpaired) electrons. The van der Waals surface area contributed by atoms with Crippen molar-refractivity contribution in [2.24, 2.45) is 0 Å². The fraction of sp³-hybridized carbons (Fsp3) is 0.467. The summed E-state index contributed by atoms with van der Waals surface area (Å²) in [6.45, 7) is 5.98. The summed E-state index contributed by atoms with van der Waals surface area (Å²) < 4.78 is 10.2. The Kier molecular flexibility index (Phi) is 6.02. The van der Waals surface area contributed by atoms with Crippen molar-refractivity contribution in [1.29, 1.82) is 0 Å². The monoisotopic (exact) mass is 293 g/mol. The minimum atomic E-state index is -0.482. The number of nitrogens with two attached hydrogens (primary N) is 1. The number of amides is 1. The van der Waals surface area contributed by atoms with E-state index in [9.17, 15) is 4.79 Å². The third-order valence-corrected chi connectivity index (χ3v) is 2.37. The predicted octanol–water partition coefficient (Wildman–Crippen LogP) is 2.60. The van der Waals surface area contributed by atoms with Crippen molar-refractivity contribution in [2.75, 3.05) is 19.4 Å². The number of carbonyl (C=O) groups is 1. The Labute approximate surface area is 125 Å². The van der Waals surface area contributed by atoms with Crippen molar-refractivity contribution in [3.63, 3.8) is 0 Å². The van der Waals surface area contributed by atoms with Gasteiger partial charge in [0.2, 0.25) is 5.88 Å². The van der Waals surface area contributed by atoms with Crippen molar-refractivity contribution >= 4 is 17.9 Å². The van der Waals surface area contributed by atoms with Crippen LogP contribution in [0.5, 0.6) is 5.88 Å². The molecule has 1 rings (SSSR count). The lowest BCUT2D eigenvalue weighted by Crippen LogP contribution is -2.32. The molecule has 6 heteroatoms. The Balaban J connectivity index is 2.37. The topological polar surface area (TPSA) is 86.5 Å². The average Bonchev–Trinajstić information content (AvgIpc) is 2.38. The van der Waals surface area contributed by atoms with Gasteiger partial charge in [0, 0.05) is 6.54 Å². The number of anilines is 1. The zero-order valence-electron chi connectivity index (χ0n) is 13.0. The number of hydrogen-bond donors (Lipinski definition) is 2. The molecule has 1 aromatic heterocycles. The van der Waals surface area contributed by atoms with Crippen molar-refractivity contribution in [1.82, 2.24) is 10.3 Å². The largest absolute Gasteiger partial charge is 0.480 e. The van der Waals surface area contributed by atoms with Crippen LogP contribution in [0.4, 0.5) is 10.5 Å². The summed E-state index contributed by atoms with van der Waals surface area (Å²) in [6.07, 6.45) is 4.02. The van der Waals surface area contributed by atoms with Gasteiger partial charge in [-0.15, -0.1) is 0 Å². The zero-order chi connectivity index (χ0) is 15.9. The number of nitrogens with one attached hydrogen (secondary N) is 1. The molecular formula is C15H23N3O3. The number of methoxy groups -OCH3 is 1. The van der Waals surface area contributed by atoms with E-state index in [0.29, 0.717) is 24.5 Å². The molecule has 0 aliphatic heterocycles. The van der Waals surface area contributed by atoms with Crippen molar-refractivity contribution in [3.8, 4) is 5.88 Å². The SMILES string of the molecule is COc1nc(C=CCCNC(=O)OC(C)(C)C)ccc1N. The second-order valence-corrected chi connectivity index (χ2v) is 5.45. The van der Waals surface area contributed by atoms with Gasteiger partial charge in [-0.25, -0.2) is 9.78 Å². The molecule has 0 spiro atoms. The standard InChI is InChI=1S/C15H23N3O3/c1-15(2,3)21-14(19)17-10-6-5-7-11-8-9-12(16)13(18-11)20-4/h5,7-9H,6,10,16H2,1-4H3,(H,17,19). The number of aromatic nitrogens is 1. The quantitative estimate of drug-likeness (QED) is 0.815. The third-order valence-electron chi connectivity index (χ3n) is 2.37. The molecule has 1 amide bonds. The number of rotatable bonds is 5. The molecule has 3 N–H and O–H groups in total. The van der Waals surface area contributed by atoms with Gasteiger partial charge in [-0.2, -0.15) is 0 Å². The molecule has 0 atom stereocenters. The summed E-state index contributed by atoms with van der Waals surface area (Å²) in [7, 11) is 1.52. The third kappa shape index (κ3) is 6.65. The Morgan fingerprint density at radius 3 is 2.76 bits per heavy atom. The molecule has 0 aliphatic carbocycles. The molecule has 1 aromatic rings. The van der Waals surface area contributed by atoms with Crippen LogP contribution in [-0.4, -0.2) is 30.3 Å². The van der Waals surface area contributed by atoms with Gasteiger partial charge in [0.15, 0.2) is 0 Å². The first-order valence-electron chi connectivity index (χ1n) is 6.76. The van der Waals surface area contributed by atoms with Gasteiger partial charge in [0.25, 0.3) is 0 Å². The highest BCUT2D eigenvalue weighted by atomic mass is 16.6. The van der Waals surface area contributed by atoms with Crippen LogP contribution in [0.1, 0.15) is 32.9 Å². The maximum Gasteiger partial charge on any atom is 0.407 e. The summed E-state index contributed by atoms with van der Waals surface area (Å²) in [6, 6.07) is 3.54. The molecule has 0 fully saturated rings. The van der Waals surface area contributed by atoms with Gasteiger partial charge >= 0.3 is 6.09 Å². The molecule has 0 unspecified atom stereocenters. The summed E-state index contributed by atoms with van der Waals surface area (Å²) in [4.78, 5) is 15.6. The highest BCUT2D eigenvalue weighted by Crippen LogP contribution is 2.18. The van der Waals surface area contributed by atoms with Crippen LogP contribution >= 0.6 is 0 Å². The lowest BCUT2D eigenvalue weighted by Gasteiger charge is -2.19. The molecule has 116 valence electrons. The highest BCUT2D eigenvalue weighted by molar-refractivity contribution is 5.67. The first-order valence-corrected chi connectivity index (χ1v) is 6.76. The zero-order valence-corrected chi connectivity index (χ0v) is 13.0. The van der Waals surface area contributed by atoms with Gasteiger partial charge in [-0.05, 0) is 45.4 Å². The molecular weight excluding hydrogens is 270 g/mol. The molecule has 21 heavy (non-hydrogen) atoms. The van der Waals surface area contributed by atoms with E-state index in [0.717, 1.165) is 5.69 Å². The van der Waals surface area contributed by atoms with Crippen LogP contribution in [0.2, 0.25) is 0 Å². The smallest absolute Gasteiger partial charge is 0.407 e. The van der Waals surface area contributed by atoms with Crippen molar-refractivity contribution in [3.05, 3.63) is 23.9 Å². The Morgan fingerprint density at radius 1 is 1.43 bits per heavy atom. The molecule has 0 aliphatic rings. The van der Waals surface area contributed by atoms with Gasteiger partial charge in [-0.3, -0.25) is 0 Å². The van der Waals surface area contributed by atoms with Crippen LogP contribution in [0.3, 0.4) is 0 Å². The maximum atomic E-state index is 11.4. The van der Waals surface area contributed by atoms with Gasteiger partial charge in [0.1, 0.15) is 5.60 Å². The second-order valence-electron chi connectivity index (χ2n) is 5.45. The van der Waals surface area contributed by atoms with Gasteiger partial charge < -0.3 is 20.5 Å². The lowest BCUT2D eigenvalue weighted by molar-refractivity contribution is 0.0529. The van der Waals surface area contributed by atoms with Gasteiger partial charge in [-0.1, -0.05) is 6.08 Å². The van der Waals surface area contributed by atoms with E-state index >= 15 is 0 Å². The molecule has 0 bridgehead atoms. The van der Waals surface area contributed by atoms with E-state index in [4.69, 9.17) is 15.2 Å². The van der Waals surface area contributed by atoms with E-state index in [1.807, 2.05) is 32.9 Å². The number of ether oxygens (including phenoxy) is 2. The number of alkyl carbamates (subject to hydrolysis) is 1. The number of nitrogens with zero attached hydrogens (tertiary/aromatic N) is 1. The van der Waals surface area contributed by atoms with Crippen LogP contribution in [0, 0.1) is 0 Å². The van der Waals surface area contributed by atoms with Crippen LogP contribution in [-0.2, 0) is 4.74 Å². The number of hydrogen-bond acceptors (Lipinski definition) is 5. The summed E-state index contributed by atoms with van der Waals surface area (Å²) in [5.41, 5.74) is 6.45. The first-order chi connectivity index (χ1) is 9.81. The predicted molar refractivity (Wildman–Crippen MR) is 83.1 cm³/mol.